The number of halogens is 2. The number of hydrogen-bond acceptors (Lipinski definition) is 4. The van der Waals surface area contributed by atoms with E-state index in [4.69, 9.17) is 11.6 Å². The van der Waals surface area contributed by atoms with Crippen molar-refractivity contribution in [3.63, 3.8) is 0 Å². The van der Waals surface area contributed by atoms with Gasteiger partial charge in [-0.3, -0.25) is 4.31 Å². The first-order valence-electron chi connectivity index (χ1n) is 8.91. The van der Waals surface area contributed by atoms with Gasteiger partial charge in [0.2, 0.25) is 0 Å². The Bertz CT molecular complexity index is 1160. The lowest BCUT2D eigenvalue weighted by molar-refractivity contribution is 0.534. The predicted octanol–water partition coefficient (Wildman–Crippen LogP) is 4.58. The molecule has 3 rings (SSSR count). The summed E-state index contributed by atoms with van der Waals surface area (Å²) in [6, 6.07) is 10.9. The van der Waals surface area contributed by atoms with Crippen molar-refractivity contribution in [1.29, 1.82) is 0 Å². The van der Waals surface area contributed by atoms with Crippen LogP contribution in [0.1, 0.15) is 26.6 Å². The SMILES string of the molecule is Cc1nnc(-c2c(N(C(C)(C)C)S(=O)(=O)c3ccccc3)ccc(Cl)c2F)n1C. The number of aromatic nitrogens is 3. The van der Waals surface area contributed by atoms with Crippen molar-refractivity contribution in [3.05, 3.63) is 59.1 Å². The quantitative estimate of drug-likeness (QED) is 0.600. The van der Waals surface area contributed by atoms with Crippen molar-refractivity contribution in [3.8, 4) is 11.4 Å². The Hall–Kier alpha value is -2.45. The predicted molar refractivity (Wildman–Crippen MR) is 112 cm³/mol. The molecule has 0 N–H and O–H groups in total. The van der Waals surface area contributed by atoms with Gasteiger partial charge >= 0.3 is 0 Å². The number of rotatable bonds is 4. The number of anilines is 1. The van der Waals surface area contributed by atoms with Crippen LogP contribution in [0.5, 0.6) is 0 Å². The van der Waals surface area contributed by atoms with Gasteiger partial charge in [0.25, 0.3) is 10.0 Å². The molecule has 0 unspecified atom stereocenters. The lowest BCUT2D eigenvalue weighted by Crippen LogP contribution is -2.46. The molecular formula is C20H22ClFN4O2S. The second kappa shape index (κ2) is 7.42. The second-order valence-electron chi connectivity index (χ2n) is 7.64. The molecule has 0 saturated carbocycles. The Balaban J connectivity index is 2.37. The van der Waals surface area contributed by atoms with Crippen LogP contribution in [-0.2, 0) is 17.1 Å². The minimum Gasteiger partial charge on any atom is -0.314 e. The first kappa shape index (κ1) is 21.3. The average molecular weight is 437 g/mol. The molecular weight excluding hydrogens is 415 g/mol. The van der Waals surface area contributed by atoms with E-state index in [1.54, 1.807) is 57.5 Å². The van der Waals surface area contributed by atoms with Crippen LogP contribution in [0.2, 0.25) is 5.02 Å². The Morgan fingerprint density at radius 1 is 1.07 bits per heavy atom. The first-order chi connectivity index (χ1) is 13.5. The van der Waals surface area contributed by atoms with Gasteiger partial charge in [0.05, 0.1) is 21.2 Å². The van der Waals surface area contributed by atoms with E-state index in [1.165, 1.54) is 28.6 Å². The molecule has 0 aliphatic carbocycles. The van der Waals surface area contributed by atoms with E-state index in [2.05, 4.69) is 10.2 Å². The smallest absolute Gasteiger partial charge is 0.264 e. The minimum absolute atomic E-state index is 0.0185. The van der Waals surface area contributed by atoms with Crippen LogP contribution in [0.15, 0.2) is 47.4 Å². The van der Waals surface area contributed by atoms with Gasteiger partial charge < -0.3 is 4.57 Å². The molecule has 2 aromatic carbocycles. The van der Waals surface area contributed by atoms with Gasteiger partial charge in [-0.05, 0) is 52.0 Å². The Kier molecular flexibility index (Phi) is 5.44. The van der Waals surface area contributed by atoms with E-state index in [9.17, 15) is 8.42 Å². The molecule has 0 aliphatic rings. The summed E-state index contributed by atoms with van der Waals surface area (Å²) >= 11 is 6.04. The van der Waals surface area contributed by atoms with Crippen LogP contribution < -0.4 is 4.31 Å². The van der Waals surface area contributed by atoms with Crippen molar-refractivity contribution in [2.24, 2.45) is 7.05 Å². The summed E-state index contributed by atoms with van der Waals surface area (Å²) in [5, 5.41) is 7.91. The lowest BCUT2D eigenvalue weighted by Gasteiger charge is -2.37. The van der Waals surface area contributed by atoms with Crippen LogP contribution in [0.25, 0.3) is 11.4 Å². The number of nitrogens with zero attached hydrogens (tertiary/aromatic N) is 4. The molecule has 0 aliphatic heterocycles. The molecule has 1 aromatic heterocycles. The number of sulfonamides is 1. The molecule has 0 amide bonds. The van der Waals surface area contributed by atoms with E-state index in [0.717, 1.165) is 0 Å². The van der Waals surface area contributed by atoms with E-state index >= 15 is 4.39 Å². The van der Waals surface area contributed by atoms with Crippen molar-refractivity contribution in [2.75, 3.05) is 4.31 Å². The van der Waals surface area contributed by atoms with Gasteiger partial charge in [0.1, 0.15) is 5.82 Å². The molecule has 9 heteroatoms. The van der Waals surface area contributed by atoms with E-state index in [-0.39, 0.29) is 27.0 Å². The van der Waals surface area contributed by atoms with Gasteiger partial charge in [-0.1, -0.05) is 29.8 Å². The van der Waals surface area contributed by atoms with Gasteiger partial charge in [-0.25, -0.2) is 12.8 Å². The summed E-state index contributed by atoms with van der Waals surface area (Å²) in [6.45, 7) is 6.95. The number of hydrogen-bond donors (Lipinski definition) is 0. The number of aryl methyl sites for hydroxylation is 1. The summed E-state index contributed by atoms with van der Waals surface area (Å²) in [7, 11) is -2.33. The highest BCUT2D eigenvalue weighted by molar-refractivity contribution is 7.93. The summed E-state index contributed by atoms with van der Waals surface area (Å²) in [4.78, 5) is 0.102. The molecule has 3 aromatic rings. The third-order valence-electron chi connectivity index (χ3n) is 4.50. The van der Waals surface area contributed by atoms with Crippen LogP contribution in [-0.4, -0.2) is 28.7 Å². The van der Waals surface area contributed by atoms with Crippen LogP contribution in [0, 0.1) is 12.7 Å². The molecule has 1 heterocycles. The highest BCUT2D eigenvalue weighted by atomic mass is 35.5. The zero-order valence-electron chi connectivity index (χ0n) is 16.8. The maximum atomic E-state index is 15.2. The van der Waals surface area contributed by atoms with Gasteiger partial charge in [0.15, 0.2) is 11.6 Å². The third-order valence-corrected chi connectivity index (χ3v) is 6.88. The molecule has 0 spiro atoms. The normalized spacial score (nSPS) is 12.2. The summed E-state index contributed by atoms with van der Waals surface area (Å²) in [5.41, 5.74) is -0.786. The van der Waals surface area contributed by atoms with Crippen molar-refractivity contribution in [2.45, 2.75) is 38.1 Å². The average Bonchev–Trinajstić information content (AvgIpc) is 2.97. The van der Waals surface area contributed by atoms with Crippen molar-refractivity contribution >= 4 is 27.3 Å². The maximum absolute atomic E-state index is 15.2. The number of benzene rings is 2. The van der Waals surface area contributed by atoms with Crippen molar-refractivity contribution in [1.82, 2.24) is 14.8 Å². The topological polar surface area (TPSA) is 68.1 Å². The summed E-state index contributed by atoms with van der Waals surface area (Å²) < 4.78 is 45.2. The van der Waals surface area contributed by atoms with E-state index in [0.29, 0.717) is 5.82 Å². The molecule has 0 bridgehead atoms. The first-order valence-corrected chi connectivity index (χ1v) is 10.7. The molecule has 29 heavy (non-hydrogen) atoms. The van der Waals surface area contributed by atoms with E-state index in [1.807, 2.05) is 0 Å². The molecule has 0 atom stereocenters. The fraction of sp³-hybridized carbons (Fsp3) is 0.300. The molecule has 0 saturated heterocycles. The monoisotopic (exact) mass is 436 g/mol. The minimum atomic E-state index is -4.01. The third kappa shape index (κ3) is 3.74. The zero-order valence-corrected chi connectivity index (χ0v) is 18.4. The highest BCUT2D eigenvalue weighted by Gasteiger charge is 2.37. The van der Waals surface area contributed by atoms with Crippen LogP contribution in [0.4, 0.5) is 10.1 Å². The highest BCUT2D eigenvalue weighted by Crippen LogP contribution is 2.41. The fourth-order valence-corrected chi connectivity index (χ4v) is 5.10. The van der Waals surface area contributed by atoms with Gasteiger partial charge in [-0.15, -0.1) is 10.2 Å². The Morgan fingerprint density at radius 2 is 1.69 bits per heavy atom. The van der Waals surface area contributed by atoms with Gasteiger partial charge in [-0.2, -0.15) is 0 Å². The fourth-order valence-electron chi connectivity index (χ4n) is 3.10. The van der Waals surface area contributed by atoms with Crippen LogP contribution >= 0.6 is 11.6 Å². The maximum Gasteiger partial charge on any atom is 0.264 e. The Morgan fingerprint density at radius 3 is 2.21 bits per heavy atom. The van der Waals surface area contributed by atoms with Crippen LogP contribution in [0.3, 0.4) is 0 Å². The molecule has 0 radical (unpaired) electrons. The summed E-state index contributed by atoms with van der Waals surface area (Å²) in [5.74, 6) is -0.00857. The second-order valence-corrected chi connectivity index (χ2v) is 9.83. The summed E-state index contributed by atoms with van der Waals surface area (Å²) in [6.07, 6.45) is 0. The Labute approximate surface area is 175 Å². The molecule has 0 fully saturated rings. The molecule has 6 nitrogen and oxygen atoms in total. The lowest BCUT2D eigenvalue weighted by atomic mass is 10.1. The molecule has 154 valence electrons. The zero-order chi connectivity index (χ0) is 21.6. The van der Waals surface area contributed by atoms with Crippen molar-refractivity contribution < 1.29 is 12.8 Å². The standard InChI is InChI=1S/C20H22ClFN4O2S/c1-13-23-24-19(25(13)5)17-16(12-11-15(21)18(17)22)26(20(2,3)4)29(27,28)14-9-7-6-8-10-14/h6-12H,1-5H3. The van der Waals surface area contributed by atoms with Gasteiger partial charge in [0, 0.05) is 12.6 Å². The van der Waals surface area contributed by atoms with E-state index < -0.39 is 21.4 Å². The largest absolute Gasteiger partial charge is 0.314 e.